The Morgan fingerprint density at radius 3 is 2.39 bits per heavy atom. The van der Waals surface area contributed by atoms with Crippen LogP contribution in [0.4, 0.5) is 0 Å². The van der Waals surface area contributed by atoms with Gasteiger partial charge in [-0.15, -0.1) is 0 Å². The van der Waals surface area contributed by atoms with Gasteiger partial charge in [-0.3, -0.25) is 9.80 Å². The molecule has 2 nitrogen and oxygen atoms in total. The SMILES string of the molecule is CC(C)(C)N1CCC[C@@H]1c1ccccc1C1=CCN(Cc2ccccc2)CC1. The molecule has 2 aromatic carbocycles. The Morgan fingerprint density at radius 2 is 1.68 bits per heavy atom. The van der Waals surface area contributed by atoms with Crippen LogP contribution in [0.5, 0.6) is 0 Å². The highest BCUT2D eigenvalue weighted by Crippen LogP contribution is 2.40. The third kappa shape index (κ3) is 4.24. The summed E-state index contributed by atoms with van der Waals surface area (Å²) >= 11 is 0. The highest BCUT2D eigenvalue weighted by atomic mass is 15.2. The second-order valence-electron chi connectivity index (χ2n) is 9.31. The van der Waals surface area contributed by atoms with E-state index in [1.165, 1.54) is 36.1 Å². The molecule has 2 heterocycles. The van der Waals surface area contributed by atoms with Gasteiger partial charge in [0.2, 0.25) is 0 Å². The summed E-state index contributed by atoms with van der Waals surface area (Å²) in [5.41, 5.74) is 6.20. The first-order valence-electron chi connectivity index (χ1n) is 10.8. The van der Waals surface area contributed by atoms with Crippen LogP contribution in [-0.4, -0.2) is 35.0 Å². The van der Waals surface area contributed by atoms with Crippen molar-refractivity contribution in [1.29, 1.82) is 0 Å². The summed E-state index contributed by atoms with van der Waals surface area (Å²) in [6.07, 6.45) is 6.20. The van der Waals surface area contributed by atoms with Crippen LogP contribution in [0.25, 0.3) is 5.57 Å². The normalized spacial score (nSPS) is 21.7. The molecule has 0 unspecified atom stereocenters. The molecule has 0 N–H and O–H groups in total. The summed E-state index contributed by atoms with van der Waals surface area (Å²) < 4.78 is 0. The van der Waals surface area contributed by atoms with E-state index in [1.54, 1.807) is 5.57 Å². The van der Waals surface area contributed by atoms with E-state index in [2.05, 4.69) is 91.2 Å². The second-order valence-corrected chi connectivity index (χ2v) is 9.31. The highest BCUT2D eigenvalue weighted by molar-refractivity contribution is 5.69. The topological polar surface area (TPSA) is 6.48 Å². The average Bonchev–Trinajstić information content (AvgIpc) is 3.20. The van der Waals surface area contributed by atoms with Gasteiger partial charge in [-0.1, -0.05) is 60.7 Å². The first kappa shape index (κ1) is 19.4. The maximum Gasteiger partial charge on any atom is 0.0359 e. The molecule has 0 aliphatic carbocycles. The van der Waals surface area contributed by atoms with Gasteiger partial charge in [0.15, 0.2) is 0 Å². The molecule has 148 valence electrons. The van der Waals surface area contributed by atoms with Crippen molar-refractivity contribution in [3.63, 3.8) is 0 Å². The zero-order valence-electron chi connectivity index (χ0n) is 17.7. The number of nitrogens with zero attached hydrogens (tertiary/aromatic N) is 2. The van der Waals surface area contributed by atoms with Gasteiger partial charge in [-0.2, -0.15) is 0 Å². The smallest absolute Gasteiger partial charge is 0.0359 e. The van der Waals surface area contributed by atoms with Crippen LogP contribution >= 0.6 is 0 Å². The van der Waals surface area contributed by atoms with Gasteiger partial charge in [0.05, 0.1) is 0 Å². The molecule has 2 aliphatic rings. The number of hydrogen-bond acceptors (Lipinski definition) is 2. The van der Waals surface area contributed by atoms with Gasteiger partial charge in [0, 0.05) is 31.2 Å². The minimum atomic E-state index is 0.224. The summed E-state index contributed by atoms with van der Waals surface area (Å²) in [5.74, 6) is 0. The third-order valence-corrected chi connectivity index (χ3v) is 6.32. The van der Waals surface area contributed by atoms with Crippen LogP contribution in [0.1, 0.15) is 62.8 Å². The molecule has 0 amide bonds. The van der Waals surface area contributed by atoms with E-state index in [9.17, 15) is 0 Å². The molecule has 0 saturated carbocycles. The minimum Gasteiger partial charge on any atom is -0.295 e. The summed E-state index contributed by atoms with van der Waals surface area (Å²) in [6, 6.07) is 20.6. The van der Waals surface area contributed by atoms with E-state index in [4.69, 9.17) is 0 Å². The number of benzene rings is 2. The molecule has 0 spiro atoms. The van der Waals surface area contributed by atoms with Crippen molar-refractivity contribution in [3.8, 4) is 0 Å². The lowest BCUT2D eigenvalue weighted by Crippen LogP contribution is -2.40. The molecule has 28 heavy (non-hydrogen) atoms. The Labute approximate surface area is 170 Å². The van der Waals surface area contributed by atoms with Gasteiger partial charge in [0.25, 0.3) is 0 Å². The van der Waals surface area contributed by atoms with Gasteiger partial charge in [0.1, 0.15) is 0 Å². The Hall–Kier alpha value is -1.90. The maximum absolute atomic E-state index is 2.71. The first-order chi connectivity index (χ1) is 13.5. The Bertz CT molecular complexity index is 816. The molecule has 1 atom stereocenters. The van der Waals surface area contributed by atoms with E-state index in [1.807, 2.05) is 0 Å². The van der Waals surface area contributed by atoms with Crippen molar-refractivity contribution in [2.24, 2.45) is 0 Å². The minimum absolute atomic E-state index is 0.224. The lowest BCUT2D eigenvalue weighted by atomic mass is 9.89. The lowest BCUT2D eigenvalue weighted by molar-refractivity contribution is 0.121. The average molecular weight is 375 g/mol. The largest absolute Gasteiger partial charge is 0.295 e. The number of hydrogen-bond donors (Lipinski definition) is 0. The van der Waals surface area contributed by atoms with Crippen molar-refractivity contribution in [2.75, 3.05) is 19.6 Å². The van der Waals surface area contributed by atoms with Crippen LogP contribution < -0.4 is 0 Å². The van der Waals surface area contributed by atoms with Crippen molar-refractivity contribution in [3.05, 3.63) is 77.4 Å². The Morgan fingerprint density at radius 1 is 0.929 bits per heavy atom. The summed E-state index contributed by atoms with van der Waals surface area (Å²) in [6.45, 7) is 11.5. The van der Waals surface area contributed by atoms with Crippen LogP contribution in [0, 0.1) is 0 Å². The van der Waals surface area contributed by atoms with E-state index in [0.29, 0.717) is 6.04 Å². The van der Waals surface area contributed by atoms with Gasteiger partial charge < -0.3 is 0 Å². The molecule has 2 aromatic rings. The summed E-state index contributed by atoms with van der Waals surface area (Å²) in [4.78, 5) is 5.26. The molecular weight excluding hydrogens is 340 g/mol. The molecule has 1 fully saturated rings. The van der Waals surface area contributed by atoms with Crippen LogP contribution in [0.15, 0.2) is 60.7 Å². The molecule has 1 saturated heterocycles. The van der Waals surface area contributed by atoms with Gasteiger partial charge in [-0.05, 0) is 68.8 Å². The van der Waals surface area contributed by atoms with Gasteiger partial charge in [-0.25, -0.2) is 0 Å². The molecular formula is C26H34N2. The molecule has 0 bridgehead atoms. The quantitative estimate of drug-likeness (QED) is 0.656. The predicted octanol–water partition coefficient (Wildman–Crippen LogP) is 5.91. The van der Waals surface area contributed by atoms with E-state index in [0.717, 1.165) is 26.1 Å². The molecule has 2 aliphatic heterocycles. The van der Waals surface area contributed by atoms with Crippen molar-refractivity contribution < 1.29 is 0 Å². The Kier molecular flexibility index (Phi) is 5.70. The van der Waals surface area contributed by atoms with Crippen molar-refractivity contribution >= 4 is 5.57 Å². The fourth-order valence-electron chi connectivity index (χ4n) is 4.91. The van der Waals surface area contributed by atoms with Crippen LogP contribution in [0.3, 0.4) is 0 Å². The van der Waals surface area contributed by atoms with Crippen molar-refractivity contribution in [1.82, 2.24) is 9.80 Å². The highest BCUT2D eigenvalue weighted by Gasteiger charge is 2.35. The maximum atomic E-state index is 2.71. The summed E-state index contributed by atoms with van der Waals surface area (Å²) in [7, 11) is 0. The van der Waals surface area contributed by atoms with E-state index >= 15 is 0 Å². The monoisotopic (exact) mass is 374 g/mol. The molecule has 0 aromatic heterocycles. The zero-order valence-corrected chi connectivity index (χ0v) is 17.7. The number of rotatable bonds is 4. The third-order valence-electron chi connectivity index (χ3n) is 6.32. The van der Waals surface area contributed by atoms with Crippen LogP contribution in [0.2, 0.25) is 0 Å². The zero-order chi connectivity index (χ0) is 19.6. The number of likely N-dealkylation sites (tertiary alicyclic amines) is 1. The lowest BCUT2D eigenvalue weighted by Gasteiger charge is -2.38. The standard InChI is InChI=1S/C26H34N2/c1-26(2,3)28-17-9-14-25(28)24-13-8-7-12-23(24)22-15-18-27(19-16-22)20-21-10-5-4-6-11-21/h4-8,10-13,15,25H,9,14,16-20H2,1-3H3/t25-/m1/s1. The predicted molar refractivity (Wildman–Crippen MR) is 119 cm³/mol. The fourth-order valence-corrected chi connectivity index (χ4v) is 4.91. The Balaban J connectivity index is 1.53. The fraction of sp³-hybridized carbons (Fsp3) is 0.462. The second kappa shape index (κ2) is 8.23. The van der Waals surface area contributed by atoms with Crippen molar-refractivity contribution in [2.45, 2.75) is 58.2 Å². The van der Waals surface area contributed by atoms with Gasteiger partial charge >= 0.3 is 0 Å². The molecule has 2 heteroatoms. The summed E-state index contributed by atoms with van der Waals surface area (Å²) in [5, 5.41) is 0. The first-order valence-corrected chi connectivity index (χ1v) is 10.8. The van der Waals surface area contributed by atoms with E-state index < -0.39 is 0 Å². The molecule has 0 radical (unpaired) electrons. The molecule has 4 rings (SSSR count). The van der Waals surface area contributed by atoms with Crippen LogP contribution in [-0.2, 0) is 6.54 Å². The van der Waals surface area contributed by atoms with E-state index in [-0.39, 0.29) is 5.54 Å².